The lowest BCUT2D eigenvalue weighted by Gasteiger charge is -2.31. The van der Waals surface area contributed by atoms with Gasteiger partial charge in [0.15, 0.2) is 0 Å². The van der Waals surface area contributed by atoms with Crippen LogP contribution in [-0.2, 0) is 4.79 Å². The summed E-state index contributed by atoms with van der Waals surface area (Å²) in [5, 5.41) is 16.5. The molecule has 1 atom stereocenters. The maximum absolute atomic E-state index is 12.1. The average molecular weight is 310 g/mol. The lowest BCUT2D eigenvalue weighted by Crippen LogP contribution is -2.39. The first kappa shape index (κ1) is 16.4. The number of thiazole rings is 1. The highest BCUT2D eigenvalue weighted by Crippen LogP contribution is 2.31. The fourth-order valence-electron chi connectivity index (χ4n) is 2.82. The molecule has 1 aliphatic carbocycles. The minimum absolute atomic E-state index is 0.0778. The highest BCUT2D eigenvalue weighted by Gasteiger charge is 2.32. The molecule has 0 saturated heterocycles. The number of amides is 1. The van der Waals surface area contributed by atoms with E-state index < -0.39 is 5.60 Å². The van der Waals surface area contributed by atoms with Crippen LogP contribution in [0.1, 0.15) is 82.0 Å². The monoisotopic (exact) mass is 310 g/mol. The van der Waals surface area contributed by atoms with Crippen LogP contribution in [0.15, 0.2) is 5.38 Å². The van der Waals surface area contributed by atoms with Crippen LogP contribution in [0.3, 0.4) is 0 Å². The van der Waals surface area contributed by atoms with Gasteiger partial charge in [-0.1, -0.05) is 33.1 Å². The Labute approximate surface area is 131 Å². The van der Waals surface area contributed by atoms with E-state index in [1.165, 1.54) is 0 Å². The van der Waals surface area contributed by atoms with Crippen LogP contribution in [0.5, 0.6) is 0 Å². The van der Waals surface area contributed by atoms with Crippen molar-refractivity contribution < 1.29 is 9.90 Å². The van der Waals surface area contributed by atoms with Gasteiger partial charge in [-0.05, 0) is 19.8 Å². The molecule has 5 heteroatoms. The van der Waals surface area contributed by atoms with Crippen LogP contribution >= 0.6 is 11.3 Å². The summed E-state index contributed by atoms with van der Waals surface area (Å²) in [5.74, 6) is 0.334. The maximum Gasteiger partial charge on any atom is 0.223 e. The van der Waals surface area contributed by atoms with E-state index in [1.807, 2.05) is 12.3 Å². The fourth-order valence-corrected chi connectivity index (χ4v) is 3.75. The highest BCUT2D eigenvalue weighted by molar-refractivity contribution is 7.09. The van der Waals surface area contributed by atoms with Crippen molar-refractivity contribution in [1.82, 2.24) is 10.3 Å². The highest BCUT2D eigenvalue weighted by atomic mass is 32.1. The summed E-state index contributed by atoms with van der Waals surface area (Å²) in [5.41, 5.74) is 0.112. The lowest BCUT2D eigenvalue weighted by molar-refractivity contribution is -0.128. The van der Waals surface area contributed by atoms with Crippen LogP contribution in [0.2, 0.25) is 0 Å². The molecule has 21 heavy (non-hydrogen) atoms. The maximum atomic E-state index is 12.1. The summed E-state index contributed by atoms with van der Waals surface area (Å²) in [6.07, 6.45) is 4.88. The van der Waals surface area contributed by atoms with Gasteiger partial charge < -0.3 is 10.4 Å². The molecule has 1 aliphatic rings. The summed E-state index contributed by atoms with van der Waals surface area (Å²) in [7, 11) is 0. The molecule has 1 fully saturated rings. The molecule has 2 N–H and O–H groups in total. The van der Waals surface area contributed by atoms with Crippen molar-refractivity contribution in [1.29, 1.82) is 0 Å². The molecule has 2 rings (SSSR count). The molecule has 1 amide bonds. The zero-order chi connectivity index (χ0) is 15.5. The molecule has 4 nitrogen and oxygen atoms in total. The van der Waals surface area contributed by atoms with Gasteiger partial charge in [-0.2, -0.15) is 0 Å². The number of aromatic nitrogens is 1. The van der Waals surface area contributed by atoms with E-state index in [0.29, 0.717) is 5.92 Å². The van der Waals surface area contributed by atoms with Crippen LogP contribution in [0, 0.1) is 0 Å². The molecule has 1 aromatic heterocycles. The van der Waals surface area contributed by atoms with Crippen molar-refractivity contribution in [2.24, 2.45) is 0 Å². The van der Waals surface area contributed by atoms with Crippen molar-refractivity contribution in [2.45, 2.75) is 76.9 Å². The predicted molar refractivity (Wildman–Crippen MR) is 85.4 cm³/mol. The Morgan fingerprint density at radius 3 is 2.62 bits per heavy atom. The van der Waals surface area contributed by atoms with Gasteiger partial charge in [0.05, 0.1) is 28.8 Å². The Morgan fingerprint density at radius 1 is 1.38 bits per heavy atom. The molecule has 1 saturated carbocycles. The van der Waals surface area contributed by atoms with Gasteiger partial charge in [-0.25, -0.2) is 4.98 Å². The molecule has 0 bridgehead atoms. The van der Waals surface area contributed by atoms with Crippen LogP contribution in [0.4, 0.5) is 0 Å². The summed E-state index contributed by atoms with van der Waals surface area (Å²) in [6.45, 7) is 6.18. The van der Waals surface area contributed by atoms with Crippen molar-refractivity contribution >= 4 is 17.2 Å². The van der Waals surface area contributed by atoms with E-state index in [9.17, 15) is 9.90 Å². The van der Waals surface area contributed by atoms with Gasteiger partial charge in [0.1, 0.15) is 0 Å². The van der Waals surface area contributed by atoms with Crippen LogP contribution in [0.25, 0.3) is 0 Å². The molecule has 0 spiro atoms. The molecule has 0 radical (unpaired) electrons. The van der Waals surface area contributed by atoms with Gasteiger partial charge in [0.25, 0.3) is 0 Å². The summed E-state index contributed by atoms with van der Waals surface area (Å²) >= 11 is 1.64. The smallest absolute Gasteiger partial charge is 0.223 e. The largest absolute Gasteiger partial charge is 0.389 e. The Bertz CT molecular complexity index is 478. The standard InChI is InChI=1S/C16H26N2O2S/c1-11(2)15-18-13(10-21-15)12(3)17-14(19)9-16(20)7-5-4-6-8-16/h10-12,20H,4-9H2,1-3H3,(H,17,19). The zero-order valence-corrected chi connectivity index (χ0v) is 14.0. The number of carbonyl (C=O) groups excluding carboxylic acids is 1. The first-order chi connectivity index (χ1) is 9.89. The van der Waals surface area contributed by atoms with Crippen LogP contribution < -0.4 is 5.32 Å². The zero-order valence-electron chi connectivity index (χ0n) is 13.2. The molecule has 1 heterocycles. The van der Waals surface area contributed by atoms with Crippen LogP contribution in [-0.4, -0.2) is 21.6 Å². The molecule has 118 valence electrons. The quantitative estimate of drug-likeness (QED) is 0.874. The van der Waals surface area contributed by atoms with Crippen molar-refractivity contribution in [3.05, 3.63) is 16.1 Å². The third-order valence-corrected chi connectivity index (χ3v) is 5.29. The molecule has 0 aliphatic heterocycles. The molecular weight excluding hydrogens is 284 g/mol. The summed E-state index contributed by atoms with van der Waals surface area (Å²) in [6, 6.07) is -0.103. The summed E-state index contributed by atoms with van der Waals surface area (Å²) < 4.78 is 0. The van der Waals surface area contributed by atoms with E-state index in [1.54, 1.807) is 11.3 Å². The number of nitrogens with zero attached hydrogens (tertiary/aromatic N) is 1. The van der Waals surface area contributed by atoms with Crippen molar-refractivity contribution in [2.75, 3.05) is 0 Å². The van der Waals surface area contributed by atoms with E-state index in [-0.39, 0.29) is 18.4 Å². The number of hydrogen-bond acceptors (Lipinski definition) is 4. The fraction of sp³-hybridized carbons (Fsp3) is 0.750. The minimum atomic E-state index is -0.798. The average Bonchev–Trinajstić information content (AvgIpc) is 2.88. The Balaban J connectivity index is 1.89. The Kier molecular flexibility index (Phi) is 5.38. The summed E-state index contributed by atoms with van der Waals surface area (Å²) in [4.78, 5) is 16.7. The molecular formula is C16H26N2O2S. The lowest BCUT2D eigenvalue weighted by atomic mass is 9.82. The molecule has 0 aromatic carbocycles. The third-order valence-electron chi connectivity index (χ3n) is 4.13. The number of rotatable bonds is 5. The third kappa shape index (κ3) is 4.51. The predicted octanol–water partition coefficient (Wildman–Crippen LogP) is 3.53. The second-order valence-electron chi connectivity index (χ2n) is 6.52. The number of aliphatic hydroxyl groups is 1. The number of hydrogen-bond donors (Lipinski definition) is 2. The van der Waals surface area contributed by atoms with Gasteiger partial charge >= 0.3 is 0 Å². The molecule has 1 unspecified atom stereocenters. The Morgan fingerprint density at radius 2 is 2.05 bits per heavy atom. The van der Waals surface area contributed by atoms with Gasteiger partial charge in [-0.3, -0.25) is 4.79 Å². The van der Waals surface area contributed by atoms with Gasteiger partial charge in [0, 0.05) is 11.3 Å². The molecule has 1 aromatic rings. The normalized spacial score (nSPS) is 19.5. The topological polar surface area (TPSA) is 62.2 Å². The second-order valence-corrected chi connectivity index (χ2v) is 7.41. The minimum Gasteiger partial charge on any atom is -0.389 e. The van der Waals surface area contributed by atoms with E-state index in [4.69, 9.17) is 0 Å². The first-order valence-electron chi connectivity index (χ1n) is 7.87. The first-order valence-corrected chi connectivity index (χ1v) is 8.75. The second kappa shape index (κ2) is 6.88. The van der Waals surface area contributed by atoms with Crippen molar-refractivity contribution in [3.8, 4) is 0 Å². The van der Waals surface area contributed by atoms with E-state index in [0.717, 1.165) is 42.8 Å². The number of nitrogens with one attached hydrogen (secondary N) is 1. The van der Waals surface area contributed by atoms with E-state index >= 15 is 0 Å². The number of carbonyl (C=O) groups is 1. The van der Waals surface area contributed by atoms with Gasteiger partial charge in [0.2, 0.25) is 5.91 Å². The van der Waals surface area contributed by atoms with Crippen molar-refractivity contribution in [3.63, 3.8) is 0 Å². The SMILES string of the molecule is CC(C)c1nc(C(C)NC(=O)CC2(O)CCCCC2)cs1. The Hall–Kier alpha value is -0.940. The van der Waals surface area contributed by atoms with E-state index in [2.05, 4.69) is 24.1 Å². The van der Waals surface area contributed by atoms with Gasteiger partial charge in [-0.15, -0.1) is 11.3 Å².